The van der Waals surface area contributed by atoms with Gasteiger partial charge < -0.3 is 4.98 Å². The predicted molar refractivity (Wildman–Crippen MR) is 121 cm³/mol. The molecule has 162 valence electrons. The number of nitrogens with one attached hydrogen (secondary N) is 1. The first-order valence-electron chi connectivity index (χ1n) is 10.9. The van der Waals surface area contributed by atoms with Gasteiger partial charge in [0.05, 0.1) is 23.2 Å². The molecule has 0 aliphatic heterocycles. The summed E-state index contributed by atoms with van der Waals surface area (Å²) in [5, 5.41) is 8.80. The fourth-order valence-electron chi connectivity index (χ4n) is 5.10. The Morgan fingerprint density at radius 2 is 1.97 bits per heavy atom. The number of H-pyrrole nitrogens is 1. The Hall–Kier alpha value is -2.74. The molecule has 3 heterocycles. The molecule has 3 atom stereocenters. The summed E-state index contributed by atoms with van der Waals surface area (Å²) in [5.41, 5.74) is 3.68. The molecule has 1 saturated carbocycles. The van der Waals surface area contributed by atoms with Crippen molar-refractivity contribution < 1.29 is 8.42 Å². The van der Waals surface area contributed by atoms with E-state index < -0.39 is 9.84 Å². The maximum Gasteiger partial charge on any atom is 0.179 e. The number of nitrogens with zero attached hydrogens (tertiary/aromatic N) is 4. The quantitative estimate of drug-likeness (QED) is 0.475. The highest BCUT2D eigenvalue weighted by molar-refractivity contribution is 7.91. The van der Waals surface area contributed by atoms with E-state index in [0.717, 1.165) is 41.9 Å². The van der Waals surface area contributed by atoms with Gasteiger partial charge in [-0.1, -0.05) is 37.3 Å². The molecular formula is C23H27N5O2S. The van der Waals surface area contributed by atoms with Crippen LogP contribution < -0.4 is 0 Å². The molecule has 0 unspecified atom stereocenters. The lowest BCUT2D eigenvalue weighted by atomic mass is 9.97. The van der Waals surface area contributed by atoms with Crippen molar-refractivity contribution in [2.45, 2.75) is 38.5 Å². The normalized spacial score (nSPS) is 21.9. The number of aromatic amines is 1. The van der Waals surface area contributed by atoms with Crippen LogP contribution in [0.25, 0.3) is 16.8 Å². The summed E-state index contributed by atoms with van der Waals surface area (Å²) < 4.78 is 27.6. The zero-order valence-electron chi connectivity index (χ0n) is 17.6. The minimum Gasteiger partial charge on any atom is -0.345 e. The van der Waals surface area contributed by atoms with E-state index in [4.69, 9.17) is 0 Å². The van der Waals surface area contributed by atoms with Crippen LogP contribution in [0.2, 0.25) is 0 Å². The van der Waals surface area contributed by atoms with E-state index in [2.05, 4.69) is 43.6 Å². The van der Waals surface area contributed by atoms with E-state index in [1.165, 1.54) is 5.56 Å². The third kappa shape index (κ3) is 4.08. The second-order valence-electron chi connectivity index (χ2n) is 8.85. The van der Waals surface area contributed by atoms with Gasteiger partial charge in [0.2, 0.25) is 0 Å². The van der Waals surface area contributed by atoms with Crippen molar-refractivity contribution >= 4 is 26.6 Å². The molecule has 4 aromatic rings. The molecule has 1 aromatic carbocycles. The molecule has 31 heavy (non-hydrogen) atoms. The topological polar surface area (TPSA) is 93.0 Å². The van der Waals surface area contributed by atoms with Crippen LogP contribution in [-0.2, 0) is 16.3 Å². The highest BCUT2D eigenvalue weighted by Gasteiger charge is 2.37. The number of hydrogen-bond acceptors (Lipinski definition) is 5. The molecule has 0 spiro atoms. The Morgan fingerprint density at radius 3 is 2.81 bits per heavy atom. The zero-order valence-corrected chi connectivity index (χ0v) is 18.4. The lowest BCUT2D eigenvalue weighted by molar-refractivity contribution is 0.504. The largest absolute Gasteiger partial charge is 0.345 e. The van der Waals surface area contributed by atoms with Gasteiger partial charge in [0.25, 0.3) is 0 Å². The van der Waals surface area contributed by atoms with Crippen molar-refractivity contribution in [3.8, 4) is 0 Å². The summed E-state index contributed by atoms with van der Waals surface area (Å²) in [6.45, 7) is 2.20. The first-order chi connectivity index (χ1) is 15.0. The first-order valence-corrected chi connectivity index (χ1v) is 12.7. The van der Waals surface area contributed by atoms with Gasteiger partial charge in [-0.25, -0.2) is 13.4 Å². The molecule has 1 aliphatic carbocycles. The third-order valence-corrected chi connectivity index (χ3v) is 8.42. The molecule has 8 heteroatoms. The smallest absolute Gasteiger partial charge is 0.179 e. The summed E-state index contributed by atoms with van der Waals surface area (Å²) in [6.07, 6.45) is 6.79. The van der Waals surface area contributed by atoms with Gasteiger partial charge in [-0.05, 0) is 49.1 Å². The Balaban J connectivity index is 1.27. The first kappa shape index (κ1) is 20.2. The third-order valence-electron chi connectivity index (χ3n) is 6.53. The van der Waals surface area contributed by atoms with E-state index in [0.29, 0.717) is 12.3 Å². The Labute approximate surface area is 181 Å². The van der Waals surface area contributed by atoms with Crippen LogP contribution >= 0.6 is 0 Å². The number of hydrogen-bond donors (Lipinski definition) is 1. The van der Waals surface area contributed by atoms with Crippen molar-refractivity contribution in [2.75, 3.05) is 11.5 Å². The molecule has 0 radical (unpaired) electrons. The van der Waals surface area contributed by atoms with Crippen LogP contribution in [0.15, 0.2) is 48.8 Å². The van der Waals surface area contributed by atoms with Gasteiger partial charge in [0, 0.05) is 12.1 Å². The summed E-state index contributed by atoms with van der Waals surface area (Å²) in [4.78, 5) is 7.52. The van der Waals surface area contributed by atoms with Crippen LogP contribution in [0.1, 0.15) is 43.5 Å². The number of sulfone groups is 1. The summed E-state index contributed by atoms with van der Waals surface area (Å²) >= 11 is 0. The second-order valence-corrected chi connectivity index (χ2v) is 11.1. The predicted octanol–water partition coefficient (Wildman–Crippen LogP) is 3.78. The Bertz CT molecular complexity index is 1300. The monoisotopic (exact) mass is 437 g/mol. The average Bonchev–Trinajstić information content (AvgIpc) is 3.45. The van der Waals surface area contributed by atoms with Gasteiger partial charge in [-0.3, -0.25) is 4.40 Å². The zero-order chi connectivity index (χ0) is 21.4. The van der Waals surface area contributed by atoms with Gasteiger partial charge in [0.15, 0.2) is 21.1 Å². The van der Waals surface area contributed by atoms with Crippen molar-refractivity contribution in [3.63, 3.8) is 0 Å². The fourth-order valence-corrected chi connectivity index (χ4v) is 6.84. The number of aromatic nitrogens is 5. The lowest BCUT2D eigenvalue weighted by Crippen LogP contribution is -2.18. The molecule has 1 aliphatic rings. The lowest BCUT2D eigenvalue weighted by Gasteiger charge is -2.13. The second kappa shape index (κ2) is 8.07. The molecule has 5 rings (SSSR count). The van der Waals surface area contributed by atoms with Gasteiger partial charge in [-0.15, -0.1) is 10.2 Å². The SMILES string of the molecule is C[C@@H]1C[C@H](CS(=O)(=O)CCCc2ccccc2)C[C@@H]1c1nnc2cnc3[nH]ccc3n12. The summed E-state index contributed by atoms with van der Waals surface area (Å²) in [6, 6.07) is 12.1. The van der Waals surface area contributed by atoms with Gasteiger partial charge in [0.1, 0.15) is 5.82 Å². The maximum atomic E-state index is 12.8. The number of fused-ring (bicyclic) bond motifs is 3. The highest BCUT2D eigenvalue weighted by Crippen LogP contribution is 2.43. The number of benzene rings is 1. The van der Waals surface area contributed by atoms with E-state index in [1.807, 2.05) is 30.5 Å². The van der Waals surface area contributed by atoms with Crippen molar-refractivity contribution in [3.05, 3.63) is 60.2 Å². The molecular weight excluding hydrogens is 410 g/mol. The van der Waals surface area contributed by atoms with Gasteiger partial charge >= 0.3 is 0 Å². The van der Waals surface area contributed by atoms with Crippen molar-refractivity contribution in [1.29, 1.82) is 0 Å². The van der Waals surface area contributed by atoms with Crippen LogP contribution in [0.3, 0.4) is 0 Å². The molecule has 3 aromatic heterocycles. The summed E-state index contributed by atoms with van der Waals surface area (Å²) in [7, 11) is -3.08. The van der Waals surface area contributed by atoms with E-state index in [1.54, 1.807) is 6.20 Å². The minimum absolute atomic E-state index is 0.164. The Morgan fingerprint density at radius 1 is 1.13 bits per heavy atom. The minimum atomic E-state index is -3.08. The molecule has 1 fully saturated rings. The van der Waals surface area contributed by atoms with Crippen molar-refractivity contribution in [2.24, 2.45) is 11.8 Å². The molecule has 7 nitrogen and oxygen atoms in total. The fraction of sp³-hybridized carbons (Fsp3) is 0.435. The van der Waals surface area contributed by atoms with Crippen LogP contribution in [0.4, 0.5) is 0 Å². The molecule has 1 N–H and O–H groups in total. The summed E-state index contributed by atoms with van der Waals surface area (Å²) in [5.74, 6) is 2.15. The maximum absolute atomic E-state index is 12.8. The number of aryl methyl sites for hydroxylation is 1. The van der Waals surface area contributed by atoms with E-state index >= 15 is 0 Å². The van der Waals surface area contributed by atoms with Crippen molar-refractivity contribution in [1.82, 2.24) is 24.6 Å². The van der Waals surface area contributed by atoms with Crippen LogP contribution in [-0.4, -0.2) is 44.5 Å². The Kier molecular flexibility index (Phi) is 5.25. The van der Waals surface area contributed by atoms with Gasteiger partial charge in [-0.2, -0.15) is 0 Å². The van der Waals surface area contributed by atoms with Crippen LogP contribution in [0.5, 0.6) is 0 Å². The van der Waals surface area contributed by atoms with E-state index in [9.17, 15) is 8.42 Å². The highest BCUT2D eigenvalue weighted by atomic mass is 32.2. The van der Waals surface area contributed by atoms with E-state index in [-0.39, 0.29) is 23.3 Å². The molecule has 0 bridgehead atoms. The molecule has 0 amide bonds. The van der Waals surface area contributed by atoms with Crippen LogP contribution in [0, 0.1) is 11.8 Å². The number of rotatable bonds is 7. The average molecular weight is 438 g/mol. The standard InChI is InChI=1S/C23H27N5O2S/c1-16-12-18(15-31(29,30)11-5-8-17-6-3-2-4-7-17)13-19(16)23-27-26-21-14-25-22-20(28(21)23)9-10-24-22/h2-4,6-7,9-10,14,16,18-19,24H,5,8,11-13,15H2,1H3/t16-,18+,19+/m1/s1. The molecule has 0 saturated heterocycles.